The molecule has 2 amide bonds. The fraction of sp³-hybridized carbons (Fsp3) is 0.150. The zero-order valence-corrected chi connectivity index (χ0v) is 14.7. The lowest BCUT2D eigenvalue weighted by atomic mass is 10.1. The fourth-order valence-electron chi connectivity index (χ4n) is 2.18. The Morgan fingerprint density at radius 3 is 2.00 bits per heavy atom. The number of anilines is 3. The average molecular weight is 348 g/mol. The summed E-state index contributed by atoms with van der Waals surface area (Å²) >= 11 is 0. The third-order valence-electron chi connectivity index (χ3n) is 3.57. The highest BCUT2D eigenvalue weighted by Gasteiger charge is 2.09. The smallest absolute Gasteiger partial charge is 0.267 e. The number of hydrogen-bond donors (Lipinski definition) is 3. The van der Waals surface area contributed by atoms with E-state index in [4.69, 9.17) is 0 Å². The van der Waals surface area contributed by atoms with Crippen LogP contribution in [0.25, 0.3) is 0 Å². The van der Waals surface area contributed by atoms with Crippen LogP contribution in [0.2, 0.25) is 0 Å². The number of amides is 2. The summed E-state index contributed by atoms with van der Waals surface area (Å²) in [7, 11) is 0. The van der Waals surface area contributed by atoms with Gasteiger partial charge in [-0.05, 0) is 48.4 Å². The molecule has 6 heteroatoms. The molecule has 0 aliphatic carbocycles. The molecule has 0 fully saturated rings. The molecule has 2 aromatic rings. The minimum atomic E-state index is -0.516. The van der Waals surface area contributed by atoms with Crippen molar-refractivity contribution in [3.05, 3.63) is 65.9 Å². The Balaban J connectivity index is 2.00. The van der Waals surface area contributed by atoms with Gasteiger partial charge < -0.3 is 16.0 Å². The van der Waals surface area contributed by atoms with E-state index in [1.54, 1.807) is 24.3 Å². The van der Waals surface area contributed by atoms with E-state index in [9.17, 15) is 14.9 Å². The van der Waals surface area contributed by atoms with Gasteiger partial charge in [-0.2, -0.15) is 5.26 Å². The number of carbonyl (C=O) groups excluding carboxylic acids is 2. The molecule has 0 heterocycles. The Labute approximate surface area is 152 Å². The summed E-state index contributed by atoms with van der Waals surface area (Å²) < 4.78 is 0. The highest BCUT2D eigenvalue weighted by Crippen LogP contribution is 2.15. The quantitative estimate of drug-likeness (QED) is 0.548. The maximum atomic E-state index is 12.2. The molecule has 0 atom stereocenters. The molecule has 6 nitrogen and oxygen atoms in total. The van der Waals surface area contributed by atoms with Crippen molar-refractivity contribution in [3.63, 3.8) is 0 Å². The zero-order chi connectivity index (χ0) is 18.9. The van der Waals surface area contributed by atoms with Crippen molar-refractivity contribution in [1.29, 1.82) is 5.26 Å². The molecule has 3 N–H and O–H groups in total. The number of aryl methyl sites for hydroxylation is 1. The Bertz CT molecular complexity index is 847. The largest absolute Gasteiger partial charge is 0.360 e. The molecule has 2 rings (SSSR count). The first-order chi connectivity index (χ1) is 12.5. The summed E-state index contributed by atoms with van der Waals surface area (Å²) in [5.41, 5.74) is 3.11. The molecule has 26 heavy (non-hydrogen) atoms. The Morgan fingerprint density at radius 2 is 1.50 bits per heavy atom. The summed E-state index contributed by atoms with van der Waals surface area (Å²) in [6.07, 6.45) is 2.32. The number of nitriles is 1. The molecule has 132 valence electrons. The van der Waals surface area contributed by atoms with Crippen LogP contribution in [0.5, 0.6) is 0 Å². The Morgan fingerprint density at radius 1 is 0.962 bits per heavy atom. The van der Waals surface area contributed by atoms with Gasteiger partial charge in [-0.1, -0.05) is 19.1 Å². The monoisotopic (exact) mass is 348 g/mol. The summed E-state index contributed by atoms with van der Waals surface area (Å²) in [4.78, 5) is 23.2. The molecule has 0 radical (unpaired) electrons. The van der Waals surface area contributed by atoms with E-state index in [2.05, 4.69) is 22.9 Å². The molecule has 0 aliphatic heterocycles. The van der Waals surface area contributed by atoms with Gasteiger partial charge in [-0.3, -0.25) is 9.59 Å². The van der Waals surface area contributed by atoms with Crippen molar-refractivity contribution >= 4 is 28.9 Å². The van der Waals surface area contributed by atoms with E-state index in [0.717, 1.165) is 12.1 Å². The fourth-order valence-corrected chi connectivity index (χ4v) is 2.18. The first-order valence-electron chi connectivity index (χ1n) is 8.16. The molecule has 0 spiro atoms. The molecule has 0 saturated heterocycles. The van der Waals surface area contributed by atoms with Gasteiger partial charge in [0, 0.05) is 30.2 Å². The minimum Gasteiger partial charge on any atom is -0.360 e. The van der Waals surface area contributed by atoms with Crippen LogP contribution in [0.15, 0.2) is 60.3 Å². The molecular formula is C20H20N4O2. The number of hydrogen-bond acceptors (Lipinski definition) is 4. The van der Waals surface area contributed by atoms with Gasteiger partial charge in [-0.25, -0.2) is 0 Å². The van der Waals surface area contributed by atoms with Crippen LogP contribution >= 0.6 is 0 Å². The molecule has 0 bridgehead atoms. The van der Waals surface area contributed by atoms with Crippen molar-refractivity contribution < 1.29 is 9.59 Å². The van der Waals surface area contributed by atoms with Gasteiger partial charge in [0.05, 0.1) is 0 Å². The van der Waals surface area contributed by atoms with Crippen LogP contribution in [-0.4, -0.2) is 11.8 Å². The number of rotatable bonds is 6. The summed E-state index contributed by atoms with van der Waals surface area (Å²) in [6, 6.07) is 16.3. The van der Waals surface area contributed by atoms with Crippen LogP contribution in [0.3, 0.4) is 0 Å². The van der Waals surface area contributed by atoms with E-state index in [0.29, 0.717) is 11.4 Å². The highest BCUT2D eigenvalue weighted by atomic mass is 16.2. The zero-order valence-electron chi connectivity index (χ0n) is 14.7. The van der Waals surface area contributed by atoms with E-state index < -0.39 is 5.91 Å². The van der Waals surface area contributed by atoms with Gasteiger partial charge in [0.15, 0.2) is 0 Å². The molecule has 0 aromatic heterocycles. The average Bonchev–Trinajstić information content (AvgIpc) is 2.64. The van der Waals surface area contributed by atoms with Crippen LogP contribution in [0.4, 0.5) is 17.1 Å². The predicted octanol–water partition coefficient (Wildman–Crippen LogP) is 3.67. The van der Waals surface area contributed by atoms with E-state index in [1.807, 2.05) is 30.3 Å². The second-order valence-electron chi connectivity index (χ2n) is 5.58. The third-order valence-corrected chi connectivity index (χ3v) is 3.57. The number of benzene rings is 2. The topological polar surface area (TPSA) is 94.0 Å². The first kappa shape index (κ1) is 18.7. The van der Waals surface area contributed by atoms with Gasteiger partial charge >= 0.3 is 0 Å². The number of nitrogens with zero attached hydrogens (tertiary/aromatic N) is 1. The van der Waals surface area contributed by atoms with E-state index in [1.165, 1.54) is 18.7 Å². The van der Waals surface area contributed by atoms with Gasteiger partial charge in [0.1, 0.15) is 11.6 Å². The number of nitrogens with one attached hydrogen (secondary N) is 3. The maximum Gasteiger partial charge on any atom is 0.267 e. The second kappa shape index (κ2) is 9.04. The van der Waals surface area contributed by atoms with Crippen LogP contribution in [0, 0.1) is 11.3 Å². The standard InChI is InChI=1S/C20H20N4O2/c1-3-15-4-6-17(7-5-15)22-13-16(12-21)20(26)24-19-10-8-18(9-11-19)23-14(2)25/h4-11,13,22H,3H2,1-2H3,(H,23,25)(H,24,26)/b16-13-. The van der Waals surface area contributed by atoms with Crippen LogP contribution in [0.1, 0.15) is 19.4 Å². The predicted molar refractivity (Wildman–Crippen MR) is 103 cm³/mol. The van der Waals surface area contributed by atoms with Crippen LogP contribution < -0.4 is 16.0 Å². The molecule has 0 aliphatic rings. The van der Waals surface area contributed by atoms with Crippen molar-refractivity contribution in [1.82, 2.24) is 0 Å². The molecular weight excluding hydrogens is 328 g/mol. The van der Waals surface area contributed by atoms with Gasteiger partial charge in [0.2, 0.25) is 5.91 Å². The lowest BCUT2D eigenvalue weighted by Crippen LogP contribution is -2.14. The number of carbonyl (C=O) groups is 2. The van der Waals surface area contributed by atoms with Gasteiger partial charge in [0.25, 0.3) is 5.91 Å². The highest BCUT2D eigenvalue weighted by molar-refractivity contribution is 6.06. The van der Waals surface area contributed by atoms with Crippen molar-refractivity contribution in [2.45, 2.75) is 20.3 Å². The van der Waals surface area contributed by atoms with Crippen molar-refractivity contribution in [2.24, 2.45) is 0 Å². The first-order valence-corrected chi connectivity index (χ1v) is 8.16. The minimum absolute atomic E-state index is 0.0458. The lowest BCUT2D eigenvalue weighted by molar-refractivity contribution is -0.114. The molecule has 0 saturated carbocycles. The normalized spacial score (nSPS) is 10.6. The summed E-state index contributed by atoms with van der Waals surface area (Å²) in [5, 5.41) is 17.4. The lowest BCUT2D eigenvalue weighted by Gasteiger charge is -2.07. The third kappa shape index (κ3) is 5.49. The Hall–Kier alpha value is -3.59. The molecule has 0 unspecified atom stereocenters. The van der Waals surface area contributed by atoms with Gasteiger partial charge in [-0.15, -0.1) is 0 Å². The Kier molecular flexibility index (Phi) is 6.52. The maximum absolute atomic E-state index is 12.2. The van der Waals surface area contributed by atoms with Crippen molar-refractivity contribution in [3.8, 4) is 6.07 Å². The SMILES string of the molecule is CCc1ccc(N/C=C(/C#N)C(=O)Nc2ccc(NC(C)=O)cc2)cc1. The van der Waals surface area contributed by atoms with Crippen LogP contribution in [-0.2, 0) is 16.0 Å². The van der Waals surface area contributed by atoms with Crippen molar-refractivity contribution in [2.75, 3.05) is 16.0 Å². The summed E-state index contributed by atoms with van der Waals surface area (Å²) in [5.74, 6) is -0.688. The summed E-state index contributed by atoms with van der Waals surface area (Å²) in [6.45, 7) is 3.49. The van der Waals surface area contributed by atoms with E-state index in [-0.39, 0.29) is 11.5 Å². The second-order valence-corrected chi connectivity index (χ2v) is 5.58. The van der Waals surface area contributed by atoms with E-state index >= 15 is 0 Å². The molecule has 2 aromatic carbocycles.